The van der Waals surface area contributed by atoms with Crippen molar-refractivity contribution >= 4 is 11.6 Å². The third kappa shape index (κ3) is 3.39. The van der Waals surface area contributed by atoms with Crippen molar-refractivity contribution in [2.75, 3.05) is 25.9 Å². The summed E-state index contributed by atoms with van der Waals surface area (Å²) < 4.78 is 5.13. The van der Waals surface area contributed by atoms with E-state index in [1.54, 1.807) is 25.3 Å². The largest absolute Gasteiger partial charge is 0.495 e. The lowest BCUT2D eigenvalue weighted by molar-refractivity contribution is 0.0762. The summed E-state index contributed by atoms with van der Waals surface area (Å²) in [5, 5.41) is 0. The first-order valence-electron chi connectivity index (χ1n) is 6.36. The number of carbonyl (C=O) groups excluding carboxylic acids is 1. The Balaban J connectivity index is 2.87. The summed E-state index contributed by atoms with van der Waals surface area (Å²) >= 11 is 0. The molecule has 1 rings (SSSR count). The normalized spacial score (nSPS) is 10.2. The van der Waals surface area contributed by atoms with Crippen LogP contribution in [0.4, 0.5) is 5.69 Å². The van der Waals surface area contributed by atoms with Gasteiger partial charge in [0.2, 0.25) is 0 Å². The maximum atomic E-state index is 12.3. The van der Waals surface area contributed by atoms with E-state index in [0.29, 0.717) is 23.5 Å². The van der Waals surface area contributed by atoms with Crippen LogP contribution in [0.15, 0.2) is 18.2 Å². The number of carbonyl (C=O) groups is 1. The summed E-state index contributed by atoms with van der Waals surface area (Å²) in [5.74, 6) is 0.580. The molecule has 0 aliphatic rings. The third-order valence-electron chi connectivity index (χ3n) is 2.93. The van der Waals surface area contributed by atoms with Crippen molar-refractivity contribution in [1.82, 2.24) is 4.90 Å². The van der Waals surface area contributed by atoms with Crippen LogP contribution in [-0.4, -0.2) is 31.0 Å². The highest BCUT2D eigenvalue weighted by Gasteiger charge is 2.15. The molecule has 0 unspecified atom stereocenters. The van der Waals surface area contributed by atoms with Gasteiger partial charge in [-0.1, -0.05) is 13.3 Å². The van der Waals surface area contributed by atoms with Gasteiger partial charge in [-0.15, -0.1) is 0 Å². The van der Waals surface area contributed by atoms with Gasteiger partial charge in [0.05, 0.1) is 12.8 Å². The molecule has 4 heteroatoms. The van der Waals surface area contributed by atoms with Gasteiger partial charge in [0, 0.05) is 18.7 Å². The molecule has 1 amide bonds. The summed E-state index contributed by atoms with van der Waals surface area (Å²) in [6, 6.07) is 5.15. The van der Waals surface area contributed by atoms with E-state index in [-0.39, 0.29) is 5.91 Å². The fourth-order valence-electron chi connectivity index (χ4n) is 1.78. The monoisotopic (exact) mass is 250 g/mol. The maximum Gasteiger partial charge on any atom is 0.253 e. The fourth-order valence-corrected chi connectivity index (χ4v) is 1.78. The second kappa shape index (κ2) is 6.89. The van der Waals surface area contributed by atoms with Crippen LogP contribution in [0.1, 0.15) is 37.0 Å². The van der Waals surface area contributed by atoms with Crippen LogP contribution in [0.3, 0.4) is 0 Å². The third-order valence-corrected chi connectivity index (χ3v) is 2.93. The van der Waals surface area contributed by atoms with Gasteiger partial charge in [-0.05, 0) is 31.5 Å². The van der Waals surface area contributed by atoms with Gasteiger partial charge in [-0.3, -0.25) is 4.79 Å². The van der Waals surface area contributed by atoms with Crippen molar-refractivity contribution < 1.29 is 9.53 Å². The number of methoxy groups -OCH3 is 1. The van der Waals surface area contributed by atoms with Gasteiger partial charge in [0.15, 0.2) is 0 Å². The van der Waals surface area contributed by atoms with Crippen LogP contribution in [0.5, 0.6) is 5.75 Å². The zero-order chi connectivity index (χ0) is 13.5. The van der Waals surface area contributed by atoms with E-state index < -0.39 is 0 Å². The van der Waals surface area contributed by atoms with Gasteiger partial charge in [0.1, 0.15) is 5.75 Å². The molecule has 1 aromatic rings. The Hall–Kier alpha value is -1.71. The summed E-state index contributed by atoms with van der Waals surface area (Å²) in [6.07, 6.45) is 2.10. The molecular weight excluding hydrogens is 228 g/mol. The second-order valence-electron chi connectivity index (χ2n) is 4.20. The molecule has 0 atom stereocenters. The molecular formula is C14H22N2O2. The van der Waals surface area contributed by atoms with Gasteiger partial charge in [0.25, 0.3) is 5.91 Å². The zero-order valence-electron chi connectivity index (χ0n) is 11.4. The van der Waals surface area contributed by atoms with E-state index in [2.05, 4.69) is 6.92 Å². The highest BCUT2D eigenvalue weighted by atomic mass is 16.5. The number of hydrogen-bond acceptors (Lipinski definition) is 3. The number of unbranched alkanes of at least 4 members (excludes halogenated alkanes) is 1. The first-order chi connectivity index (χ1) is 8.63. The lowest BCUT2D eigenvalue weighted by atomic mass is 10.1. The van der Waals surface area contributed by atoms with Crippen molar-refractivity contribution in [2.45, 2.75) is 26.7 Å². The Morgan fingerprint density at radius 1 is 1.39 bits per heavy atom. The Kier molecular flexibility index (Phi) is 5.49. The molecule has 0 saturated carbocycles. The topological polar surface area (TPSA) is 55.6 Å². The molecule has 0 aromatic heterocycles. The van der Waals surface area contributed by atoms with Crippen LogP contribution >= 0.6 is 0 Å². The number of amides is 1. The Labute approximate surface area is 109 Å². The molecule has 0 fully saturated rings. The van der Waals surface area contributed by atoms with Gasteiger partial charge in [-0.25, -0.2) is 0 Å². The Bertz CT molecular complexity index is 405. The van der Waals surface area contributed by atoms with Gasteiger partial charge < -0.3 is 15.4 Å². The molecule has 0 bridgehead atoms. The number of anilines is 1. The van der Waals surface area contributed by atoms with Crippen molar-refractivity contribution in [2.24, 2.45) is 0 Å². The van der Waals surface area contributed by atoms with Crippen LogP contribution in [0, 0.1) is 0 Å². The number of benzene rings is 1. The van der Waals surface area contributed by atoms with E-state index in [4.69, 9.17) is 10.5 Å². The minimum atomic E-state index is 0.0317. The summed E-state index contributed by atoms with van der Waals surface area (Å²) in [6.45, 7) is 5.61. The van der Waals surface area contributed by atoms with E-state index in [9.17, 15) is 4.79 Å². The number of ether oxygens (including phenoxy) is 1. The summed E-state index contributed by atoms with van der Waals surface area (Å²) in [4.78, 5) is 14.1. The molecule has 1 aromatic carbocycles. The SMILES string of the molecule is CCCCN(CC)C(=O)c1ccc(N)c(OC)c1. The fraction of sp³-hybridized carbons (Fsp3) is 0.500. The summed E-state index contributed by atoms with van der Waals surface area (Å²) in [7, 11) is 1.55. The van der Waals surface area contributed by atoms with Crippen molar-refractivity contribution in [3.05, 3.63) is 23.8 Å². The maximum absolute atomic E-state index is 12.3. The molecule has 0 saturated heterocycles. The first-order valence-corrected chi connectivity index (χ1v) is 6.36. The Morgan fingerprint density at radius 3 is 2.67 bits per heavy atom. The standard InChI is InChI=1S/C14H22N2O2/c1-4-6-9-16(5-2)14(17)11-7-8-12(15)13(10-11)18-3/h7-8,10H,4-6,9,15H2,1-3H3. The van der Waals surface area contributed by atoms with E-state index >= 15 is 0 Å². The molecule has 18 heavy (non-hydrogen) atoms. The van der Waals surface area contributed by atoms with Gasteiger partial charge >= 0.3 is 0 Å². The number of hydrogen-bond donors (Lipinski definition) is 1. The quantitative estimate of drug-likeness (QED) is 0.789. The average Bonchev–Trinajstić information content (AvgIpc) is 2.40. The Morgan fingerprint density at radius 2 is 2.11 bits per heavy atom. The molecule has 100 valence electrons. The minimum Gasteiger partial charge on any atom is -0.495 e. The van der Waals surface area contributed by atoms with E-state index in [1.165, 1.54) is 0 Å². The molecule has 0 aliphatic carbocycles. The zero-order valence-corrected chi connectivity index (χ0v) is 11.4. The predicted molar refractivity (Wildman–Crippen MR) is 73.9 cm³/mol. The predicted octanol–water partition coefficient (Wildman–Crippen LogP) is 2.54. The number of nitrogen functional groups attached to an aromatic ring is 1. The highest BCUT2D eigenvalue weighted by Crippen LogP contribution is 2.23. The van der Waals surface area contributed by atoms with E-state index in [1.807, 2.05) is 11.8 Å². The number of nitrogens with zero attached hydrogens (tertiary/aromatic N) is 1. The average molecular weight is 250 g/mol. The highest BCUT2D eigenvalue weighted by molar-refractivity contribution is 5.95. The number of nitrogens with two attached hydrogens (primary N) is 1. The lowest BCUT2D eigenvalue weighted by Crippen LogP contribution is -2.31. The van der Waals surface area contributed by atoms with Crippen LogP contribution in [0.25, 0.3) is 0 Å². The smallest absolute Gasteiger partial charge is 0.253 e. The summed E-state index contributed by atoms with van der Waals surface area (Å²) in [5.41, 5.74) is 6.91. The van der Waals surface area contributed by atoms with Crippen LogP contribution in [-0.2, 0) is 0 Å². The number of rotatable bonds is 6. The lowest BCUT2D eigenvalue weighted by Gasteiger charge is -2.21. The van der Waals surface area contributed by atoms with Crippen molar-refractivity contribution in [3.63, 3.8) is 0 Å². The van der Waals surface area contributed by atoms with E-state index in [0.717, 1.165) is 19.4 Å². The molecule has 0 radical (unpaired) electrons. The molecule has 0 aliphatic heterocycles. The van der Waals surface area contributed by atoms with Gasteiger partial charge in [-0.2, -0.15) is 0 Å². The molecule has 4 nitrogen and oxygen atoms in total. The second-order valence-corrected chi connectivity index (χ2v) is 4.20. The minimum absolute atomic E-state index is 0.0317. The van der Waals surface area contributed by atoms with Crippen molar-refractivity contribution in [3.8, 4) is 5.75 Å². The van der Waals surface area contributed by atoms with Crippen molar-refractivity contribution in [1.29, 1.82) is 0 Å². The van der Waals surface area contributed by atoms with Crippen LogP contribution in [0.2, 0.25) is 0 Å². The molecule has 0 heterocycles. The molecule has 0 spiro atoms. The molecule has 2 N–H and O–H groups in total. The van der Waals surface area contributed by atoms with Crippen LogP contribution < -0.4 is 10.5 Å². The first kappa shape index (κ1) is 14.4.